The quantitative estimate of drug-likeness (QED) is 0.0606. The Morgan fingerprint density at radius 3 is 1.16 bits per heavy atom. The summed E-state index contributed by atoms with van der Waals surface area (Å²) < 4.78 is 63.7. The predicted molar refractivity (Wildman–Crippen MR) is 222 cm³/mol. The SMILES string of the molecule is CC(=O)N[C@@H]1[C@@H](O)[C@H](O[C@@H]2O[C@H](CO)[C@@H](O[C@@H]3O[C@H](CO[C@H]4O[C@H](CO)[C@@H](O)[C@H](O)[C@@H]4O)[C@@H](O[C@@H]4O[C@H](CO)[C@@H](O)[C@H](O)[C@@H]4O)[C@H](O[C@H]4O[C@H](CO)[C@@H](O)[C@H](O)[C@@H]4O)[C@@H]3O)[C@H](O)[C@H]2NC(C)=O)[C@@H](CO)O[C@H]1O. The van der Waals surface area contributed by atoms with Crippen molar-refractivity contribution in [3.8, 4) is 0 Å². The van der Waals surface area contributed by atoms with E-state index in [0.29, 0.717) is 0 Å². The Labute approximate surface area is 413 Å². The lowest BCUT2D eigenvalue weighted by atomic mass is 9.93. The molecular weight excluding hydrogens is 1000 g/mol. The van der Waals surface area contributed by atoms with Gasteiger partial charge in [0.1, 0.15) is 146 Å². The van der Waals surface area contributed by atoms with Crippen LogP contribution in [-0.4, -0.2) is 327 Å². The van der Waals surface area contributed by atoms with E-state index in [9.17, 15) is 102 Å². The molecule has 20 N–H and O–H groups in total. The fourth-order valence-corrected chi connectivity index (χ4v) is 9.21. The van der Waals surface area contributed by atoms with E-state index < -0.39 is 236 Å². The average molecular weight is 1070 g/mol. The van der Waals surface area contributed by atoms with Gasteiger partial charge in [-0.2, -0.15) is 0 Å². The molecule has 33 nitrogen and oxygen atoms in total. The standard InChI is InChI=1S/C40H68N2O31/c1-9(48)41-17-22(53)31(14(6-46)64-35(17)62)70-36-18(42-10(2)49)23(54)32(15(7-47)68-36)71-40-30(61)34(73-39-29(60)26(57)21(52)13(5-45)67-39)33(72-38-28(59)25(56)20(51)12(4-44)66-38)16(69-40)8-63-37-27(58)24(55)19(50)11(3-43)65-37/h11-40,43-47,50-62H,3-8H2,1-2H3,(H,41,48)(H,42,49)/t11-,12-,13-,14-,15-,16-,17-,18-,19-,20-,21-,22-,23-,24+,25+,26+,27+,28+,29+,30+,31-,32-,33-,34-,35-,36+,37+,38+,39-,40+/m1/s1. The summed E-state index contributed by atoms with van der Waals surface area (Å²) >= 11 is 0. The Morgan fingerprint density at radius 2 is 0.699 bits per heavy atom. The molecule has 33 heteroatoms. The third kappa shape index (κ3) is 13.0. The first kappa shape index (κ1) is 60.0. The minimum Gasteiger partial charge on any atom is -0.394 e. The Bertz CT molecular complexity index is 1740. The summed E-state index contributed by atoms with van der Waals surface area (Å²) in [5.74, 6) is -1.58. The summed E-state index contributed by atoms with van der Waals surface area (Å²) in [6.45, 7) is -3.80. The molecule has 6 aliphatic rings. The van der Waals surface area contributed by atoms with E-state index in [1.807, 2.05) is 0 Å². The van der Waals surface area contributed by atoms with Crippen molar-refractivity contribution >= 4 is 11.8 Å². The van der Waals surface area contributed by atoms with E-state index in [0.717, 1.165) is 13.8 Å². The number of ether oxygens (including phenoxy) is 11. The Balaban J connectivity index is 1.37. The number of amides is 2. The zero-order chi connectivity index (χ0) is 53.9. The van der Waals surface area contributed by atoms with Gasteiger partial charge < -0.3 is 155 Å². The van der Waals surface area contributed by atoms with Gasteiger partial charge >= 0.3 is 0 Å². The molecule has 0 aromatic carbocycles. The fourth-order valence-electron chi connectivity index (χ4n) is 9.21. The summed E-state index contributed by atoms with van der Waals surface area (Å²) in [4.78, 5) is 24.5. The van der Waals surface area contributed by atoms with E-state index in [1.165, 1.54) is 0 Å². The second kappa shape index (κ2) is 26.0. The average Bonchev–Trinajstić information content (AvgIpc) is 3.36. The van der Waals surface area contributed by atoms with Gasteiger partial charge in [0, 0.05) is 13.8 Å². The first-order valence-corrected chi connectivity index (χ1v) is 23.1. The Kier molecular flexibility index (Phi) is 21.3. The van der Waals surface area contributed by atoms with E-state index >= 15 is 0 Å². The molecule has 6 heterocycles. The smallest absolute Gasteiger partial charge is 0.217 e. The van der Waals surface area contributed by atoms with Gasteiger partial charge in [-0.05, 0) is 0 Å². The predicted octanol–water partition coefficient (Wildman–Crippen LogP) is -13.8. The lowest BCUT2D eigenvalue weighted by Gasteiger charge is -2.51. The topological polar surface area (TPSA) is 524 Å². The highest BCUT2D eigenvalue weighted by Gasteiger charge is 2.58. The van der Waals surface area contributed by atoms with Crippen LogP contribution in [0.3, 0.4) is 0 Å². The van der Waals surface area contributed by atoms with Crippen LogP contribution in [0, 0.1) is 0 Å². The molecule has 6 rings (SSSR count). The van der Waals surface area contributed by atoms with E-state index in [2.05, 4.69) is 10.6 Å². The number of rotatable bonds is 18. The van der Waals surface area contributed by atoms with E-state index in [-0.39, 0.29) is 0 Å². The molecule has 30 atom stereocenters. The van der Waals surface area contributed by atoms with Gasteiger partial charge in [0.2, 0.25) is 11.8 Å². The third-order valence-corrected chi connectivity index (χ3v) is 13.2. The van der Waals surface area contributed by atoms with Crippen molar-refractivity contribution in [3.63, 3.8) is 0 Å². The van der Waals surface area contributed by atoms with Crippen molar-refractivity contribution in [2.24, 2.45) is 0 Å². The molecule has 0 aliphatic carbocycles. The van der Waals surface area contributed by atoms with Crippen molar-refractivity contribution < 1.29 is 154 Å². The molecule has 6 fully saturated rings. The van der Waals surface area contributed by atoms with Gasteiger partial charge in [-0.15, -0.1) is 0 Å². The van der Waals surface area contributed by atoms with Crippen molar-refractivity contribution in [1.82, 2.24) is 10.6 Å². The highest BCUT2D eigenvalue weighted by molar-refractivity contribution is 5.73. The van der Waals surface area contributed by atoms with E-state index in [1.54, 1.807) is 0 Å². The van der Waals surface area contributed by atoms with Crippen LogP contribution in [0.4, 0.5) is 0 Å². The lowest BCUT2D eigenvalue weighted by Crippen LogP contribution is -2.71. The lowest BCUT2D eigenvalue weighted by molar-refractivity contribution is -0.402. The van der Waals surface area contributed by atoms with E-state index in [4.69, 9.17) is 52.1 Å². The molecule has 73 heavy (non-hydrogen) atoms. The number of hydrogen-bond acceptors (Lipinski definition) is 31. The van der Waals surface area contributed by atoms with Crippen molar-refractivity contribution in [3.05, 3.63) is 0 Å². The van der Waals surface area contributed by atoms with Crippen LogP contribution in [0.25, 0.3) is 0 Å². The molecule has 424 valence electrons. The highest BCUT2D eigenvalue weighted by atomic mass is 16.8. The van der Waals surface area contributed by atoms with Gasteiger partial charge in [-0.25, -0.2) is 0 Å². The number of carbonyl (C=O) groups excluding carboxylic acids is 2. The zero-order valence-corrected chi connectivity index (χ0v) is 38.9. The molecule has 0 saturated carbocycles. The van der Waals surface area contributed by atoms with Crippen LogP contribution in [-0.2, 0) is 61.7 Å². The van der Waals surface area contributed by atoms with Crippen molar-refractivity contribution in [2.45, 2.75) is 198 Å². The fraction of sp³-hybridized carbons (Fsp3) is 0.950. The number of aliphatic hydroxyl groups excluding tert-OH is 18. The van der Waals surface area contributed by atoms with Crippen LogP contribution in [0.15, 0.2) is 0 Å². The minimum atomic E-state index is -2.37. The highest BCUT2D eigenvalue weighted by Crippen LogP contribution is 2.37. The van der Waals surface area contributed by atoms with Crippen molar-refractivity contribution in [1.29, 1.82) is 0 Å². The monoisotopic (exact) mass is 1070 g/mol. The molecule has 0 aromatic heterocycles. The van der Waals surface area contributed by atoms with Crippen LogP contribution >= 0.6 is 0 Å². The molecule has 0 unspecified atom stereocenters. The maximum absolute atomic E-state index is 12.6. The second-order valence-corrected chi connectivity index (χ2v) is 18.3. The summed E-state index contributed by atoms with van der Waals surface area (Å²) in [6.07, 6.45) is -54.9. The minimum absolute atomic E-state index is 0.726. The third-order valence-electron chi connectivity index (χ3n) is 13.2. The van der Waals surface area contributed by atoms with Gasteiger partial charge in [-0.1, -0.05) is 0 Å². The van der Waals surface area contributed by atoms with Gasteiger partial charge in [-0.3, -0.25) is 9.59 Å². The summed E-state index contributed by atoms with van der Waals surface area (Å²) in [5.41, 5.74) is 0. The van der Waals surface area contributed by atoms with Crippen LogP contribution in [0.2, 0.25) is 0 Å². The van der Waals surface area contributed by atoms with Crippen LogP contribution in [0.1, 0.15) is 13.8 Å². The molecule has 6 saturated heterocycles. The second-order valence-electron chi connectivity index (χ2n) is 18.3. The van der Waals surface area contributed by atoms with Gasteiger partial charge in [0.15, 0.2) is 37.7 Å². The number of carbonyl (C=O) groups is 2. The first-order chi connectivity index (χ1) is 34.5. The number of hydrogen-bond donors (Lipinski definition) is 20. The molecule has 6 aliphatic heterocycles. The molecule has 0 aromatic rings. The maximum Gasteiger partial charge on any atom is 0.217 e. The Morgan fingerprint density at radius 1 is 0.356 bits per heavy atom. The largest absolute Gasteiger partial charge is 0.394 e. The molecule has 0 radical (unpaired) electrons. The molecule has 0 bridgehead atoms. The molecule has 0 spiro atoms. The summed E-state index contributed by atoms with van der Waals surface area (Å²) in [7, 11) is 0. The van der Waals surface area contributed by atoms with Gasteiger partial charge in [0.25, 0.3) is 0 Å². The molecular formula is C40H68N2O31. The van der Waals surface area contributed by atoms with Crippen LogP contribution < -0.4 is 10.6 Å². The number of nitrogens with one attached hydrogen (secondary N) is 2. The zero-order valence-electron chi connectivity index (χ0n) is 38.9. The number of aliphatic hydroxyl groups is 18. The normalized spacial score (nSPS) is 49.8. The Hall–Kier alpha value is -2.22. The van der Waals surface area contributed by atoms with Crippen molar-refractivity contribution in [2.75, 3.05) is 39.6 Å². The first-order valence-electron chi connectivity index (χ1n) is 23.1. The summed E-state index contributed by atoms with van der Waals surface area (Å²) in [5, 5.41) is 197. The summed E-state index contributed by atoms with van der Waals surface area (Å²) in [6, 6.07) is -3.34. The van der Waals surface area contributed by atoms with Crippen LogP contribution in [0.5, 0.6) is 0 Å². The maximum atomic E-state index is 12.6. The van der Waals surface area contributed by atoms with Gasteiger partial charge in [0.05, 0.1) is 39.6 Å². The molecule has 2 amide bonds.